The summed E-state index contributed by atoms with van der Waals surface area (Å²) in [7, 11) is 0. The van der Waals surface area contributed by atoms with Gasteiger partial charge in [0, 0.05) is 17.3 Å². The van der Waals surface area contributed by atoms with Gasteiger partial charge in [0.25, 0.3) is 5.91 Å². The van der Waals surface area contributed by atoms with Gasteiger partial charge < -0.3 is 10.4 Å². The number of carboxylic acid groups (broad SMARTS) is 1. The van der Waals surface area contributed by atoms with E-state index < -0.39 is 12.0 Å². The molecule has 1 aromatic rings. The third kappa shape index (κ3) is 2.82. The number of H-pyrrole nitrogens is 1. The molecule has 0 aliphatic rings. The molecule has 0 aromatic carbocycles. The van der Waals surface area contributed by atoms with E-state index in [9.17, 15) is 9.59 Å². The Labute approximate surface area is 93.1 Å². The number of aryl methyl sites for hydroxylation is 1. The third-order valence-corrected chi connectivity index (χ3v) is 2.33. The molecule has 88 valence electrons. The van der Waals surface area contributed by atoms with Crippen LogP contribution in [0.15, 0.2) is 0 Å². The highest BCUT2D eigenvalue weighted by Gasteiger charge is 2.17. The molecule has 3 N–H and O–H groups in total. The van der Waals surface area contributed by atoms with Gasteiger partial charge in [0.2, 0.25) is 0 Å². The zero-order chi connectivity index (χ0) is 12.3. The van der Waals surface area contributed by atoms with Gasteiger partial charge in [-0.3, -0.25) is 14.7 Å². The zero-order valence-electron chi connectivity index (χ0n) is 9.50. The molecule has 1 aromatic heterocycles. The van der Waals surface area contributed by atoms with Crippen molar-refractivity contribution >= 4 is 11.9 Å². The topological polar surface area (TPSA) is 95.1 Å². The van der Waals surface area contributed by atoms with E-state index in [4.69, 9.17) is 5.11 Å². The Balaban J connectivity index is 2.66. The van der Waals surface area contributed by atoms with Gasteiger partial charge >= 0.3 is 5.97 Å². The minimum atomic E-state index is -0.942. The minimum Gasteiger partial charge on any atom is -0.481 e. The van der Waals surface area contributed by atoms with E-state index in [0.29, 0.717) is 5.69 Å². The Bertz CT molecular complexity index is 411. The van der Waals surface area contributed by atoms with Crippen LogP contribution in [0.3, 0.4) is 0 Å². The van der Waals surface area contributed by atoms with Crippen LogP contribution in [0.25, 0.3) is 0 Å². The van der Waals surface area contributed by atoms with Crippen LogP contribution in [-0.2, 0) is 4.79 Å². The standard InChI is InChI=1S/C10H15N3O3/c1-5(4-8(14)15)11-10(16)9-6(2)7(3)12-13-9/h5H,4H2,1-3H3,(H,11,16)(H,12,13)(H,14,15). The lowest BCUT2D eigenvalue weighted by atomic mass is 10.2. The summed E-state index contributed by atoms with van der Waals surface area (Å²) in [6.45, 7) is 5.25. The van der Waals surface area contributed by atoms with E-state index in [1.54, 1.807) is 13.8 Å². The van der Waals surface area contributed by atoms with Crippen molar-refractivity contribution < 1.29 is 14.7 Å². The Kier molecular flexibility index (Phi) is 3.65. The highest BCUT2D eigenvalue weighted by atomic mass is 16.4. The van der Waals surface area contributed by atoms with Gasteiger partial charge in [-0.25, -0.2) is 0 Å². The van der Waals surface area contributed by atoms with Gasteiger partial charge in [0.1, 0.15) is 0 Å². The Morgan fingerprint density at radius 1 is 1.50 bits per heavy atom. The number of carboxylic acids is 1. The first-order chi connectivity index (χ1) is 7.41. The number of aromatic amines is 1. The first-order valence-electron chi connectivity index (χ1n) is 4.96. The molecule has 6 nitrogen and oxygen atoms in total. The number of carbonyl (C=O) groups excluding carboxylic acids is 1. The van der Waals surface area contributed by atoms with Gasteiger partial charge in [0.15, 0.2) is 5.69 Å². The fourth-order valence-electron chi connectivity index (χ4n) is 1.31. The predicted molar refractivity (Wildman–Crippen MR) is 57.2 cm³/mol. The monoisotopic (exact) mass is 225 g/mol. The smallest absolute Gasteiger partial charge is 0.305 e. The summed E-state index contributed by atoms with van der Waals surface area (Å²) in [5.41, 5.74) is 1.92. The molecule has 0 fully saturated rings. The second-order valence-corrected chi connectivity index (χ2v) is 3.79. The van der Waals surface area contributed by atoms with E-state index in [0.717, 1.165) is 11.3 Å². The van der Waals surface area contributed by atoms with Crippen molar-refractivity contribution in [1.29, 1.82) is 0 Å². The van der Waals surface area contributed by atoms with Crippen LogP contribution >= 0.6 is 0 Å². The van der Waals surface area contributed by atoms with E-state index >= 15 is 0 Å². The van der Waals surface area contributed by atoms with E-state index in [-0.39, 0.29) is 12.3 Å². The van der Waals surface area contributed by atoms with Gasteiger partial charge in [-0.05, 0) is 20.8 Å². The number of nitrogens with zero attached hydrogens (tertiary/aromatic N) is 1. The molecule has 1 amide bonds. The van der Waals surface area contributed by atoms with Crippen LogP contribution < -0.4 is 5.32 Å². The largest absolute Gasteiger partial charge is 0.481 e. The average Bonchev–Trinajstić information content (AvgIpc) is 2.45. The lowest BCUT2D eigenvalue weighted by molar-refractivity contribution is -0.137. The summed E-state index contributed by atoms with van der Waals surface area (Å²) >= 11 is 0. The fraction of sp³-hybridized carbons (Fsp3) is 0.500. The normalized spacial score (nSPS) is 12.2. The Morgan fingerprint density at radius 2 is 2.12 bits per heavy atom. The summed E-state index contributed by atoms with van der Waals surface area (Å²) in [5, 5.41) is 17.7. The molecule has 1 heterocycles. The van der Waals surface area contributed by atoms with Crippen LogP contribution in [0.1, 0.15) is 35.1 Å². The minimum absolute atomic E-state index is 0.103. The molecular formula is C10H15N3O3. The number of hydrogen-bond donors (Lipinski definition) is 3. The number of carbonyl (C=O) groups is 2. The lowest BCUT2D eigenvalue weighted by Crippen LogP contribution is -2.34. The summed E-state index contributed by atoms with van der Waals surface area (Å²) in [6, 6.07) is -0.415. The van der Waals surface area contributed by atoms with E-state index in [1.165, 1.54) is 0 Å². The second-order valence-electron chi connectivity index (χ2n) is 3.79. The Hall–Kier alpha value is -1.85. The van der Waals surface area contributed by atoms with Gasteiger partial charge in [-0.1, -0.05) is 0 Å². The van der Waals surface area contributed by atoms with Crippen molar-refractivity contribution in [1.82, 2.24) is 15.5 Å². The highest BCUT2D eigenvalue weighted by molar-refractivity contribution is 5.94. The van der Waals surface area contributed by atoms with Crippen molar-refractivity contribution in [3.63, 3.8) is 0 Å². The molecule has 0 bridgehead atoms. The molecule has 0 saturated carbocycles. The molecule has 0 aliphatic carbocycles. The molecule has 16 heavy (non-hydrogen) atoms. The maximum Gasteiger partial charge on any atom is 0.305 e. The molecule has 1 unspecified atom stereocenters. The number of aromatic nitrogens is 2. The molecule has 6 heteroatoms. The lowest BCUT2D eigenvalue weighted by Gasteiger charge is -2.10. The van der Waals surface area contributed by atoms with Crippen LogP contribution in [0.4, 0.5) is 0 Å². The van der Waals surface area contributed by atoms with E-state index in [1.807, 2.05) is 6.92 Å². The maximum absolute atomic E-state index is 11.7. The van der Waals surface area contributed by atoms with Crippen LogP contribution in [0, 0.1) is 13.8 Å². The molecule has 0 aliphatic heterocycles. The highest BCUT2D eigenvalue weighted by Crippen LogP contribution is 2.08. The Morgan fingerprint density at radius 3 is 2.56 bits per heavy atom. The second kappa shape index (κ2) is 4.78. The first-order valence-corrected chi connectivity index (χ1v) is 4.96. The average molecular weight is 225 g/mol. The number of nitrogens with one attached hydrogen (secondary N) is 2. The summed E-state index contributed by atoms with van der Waals surface area (Å²) < 4.78 is 0. The molecule has 0 radical (unpaired) electrons. The SMILES string of the molecule is Cc1[nH]nc(C(=O)NC(C)CC(=O)O)c1C. The molecular weight excluding hydrogens is 210 g/mol. The van der Waals surface area contributed by atoms with Crippen molar-refractivity contribution in [2.75, 3.05) is 0 Å². The van der Waals surface area contributed by atoms with Crippen molar-refractivity contribution in [2.45, 2.75) is 33.2 Å². The van der Waals surface area contributed by atoms with Crippen LogP contribution in [-0.4, -0.2) is 33.2 Å². The maximum atomic E-state index is 11.7. The van der Waals surface area contributed by atoms with Crippen molar-refractivity contribution in [2.24, 2.45) is 0 Å². The first kappa shape index (κ1) is 12.2. The van der Waals surface area contributed by atoms with Gasteiger partial charge in [-0.2, -0.15) is 5.10 Å². The molecule has 1 atom stereocenters. The molecule has 0 saturated heterocycles. The van der Waals surface area contributed by atoms with Crippen molar-refractivity contribution in [3.05, 3.63) is 17.0 Å². The summed E-state index contributed by atoms with van der Waals surface area (Å²) in [5.74, 6) is -1.29. The number of hydrogen-bond acceptors (Lipinski definition) is 3. The van der Waals surface area contributed by atoms with Crippen LogP contribution in [0.5, 0.6) is 0 Å². The predicted octanol–water partition coefficient (Wildman–Crippen LogP) is 0.620. The summed E-state index contributed by atoms with van der Waals surface area (Å²) in [4.78, 5) is 22.1. The number of aliphatic carboxylic acids is 1. The quantitative estimate of drug-likeness (QED) is 0.700. The zero-order valence-corrected chi connectivity index (χ0v) is 9.50. The summed E-state index contributed by atoms with van der Waals surface area (Å²) in [6.07, 6.45) is -0.103. The number of amides is 1. The third-order valence-electron chi connectivity index (χ3n) is 2.33. The van der Waals surface area contributed by atoms with Crippen molar-refractivity contribution in [3.8, 4) is 0 Å². The molecule has 0 spiro atoms. The molecule has 1 rings (SSSR count). The van der Waals surface area contributed by atoms with E-state index in [2.05, 4.69) is 15.5 Å². The van der Waals surface area contributed by atoms with Crippen LogP contribution in [0.2, 0.25) is 0 Å². The number of rotatable bonds is 4. The van der Waals surface area contributed by atoms with Gasteiger partial charge in [-0.15, -0.1) is 0 Å². The van der Waals surface area contributed by atoms with Gasteiger partial charge in [0.05, 0.1) is 6.42 Å². The fourth-order valence-corrected chi connectivity index (χ4v) is 1.31.